The summed E-state index contributed by atoms with van der Waals surface area (Å²) in [6, 6.07) is 0.308. The molecule has 1 heterocycles. The van der Waals surface area contributed by atoms with E-state index < -0.39 is 10.0 Å². The van der Waals surface area contributed by atoms with Crippen molar-refractivity contribution in [1.29, 1.82) is 0 Å². The zero-order chi connectivity index (χ0) is 12.4. The maximum absolute atomic E-state index is 11.4. The lowest BCUT2D eigenvalue weighted by atomic mass is 9.96. The van der Waals surface area contributed by atoms with Gasteiger partial charge in [-0.25, -0.2) is 12.7 Å². The molecule has 1 fully saturated rings. The highest BCUT2D eigenvalue weighted by Gasteiger charge is 2.26. The predicted molar refractivity (Wildman–Crippen MR) is 66.9 cm³/mol. The van der Waals surface area contributed by atoms with E-state index in [-0.39, 0.29) is 5.41 Å². The van der Waals surface area contributed by atoms with E-state index in [0.29, 0.717) is 19.1 Å². The molecule has 0 aromatic rings. The number of rotatable bonds is 3. The Morgan fingerprint density at radius 1 is 1.38 bits per heavy atom. The Morgan fingerprint density at radius 3 is 2.50 bits per heavy atom. The summed E-state index contributed by atoms with van der Waals surface area (Å²) >= 11 is 0. The Morgan fingerprint density at radius 2 is 2.00 bits per heavy atom. The van der Waals surface area contributed by atoms with Gasteiger partial charge in [0, 0.05) is 25.7 Å². The number of sulfonamides is 1. The molecule has 0 unspecified atom stereocenters. The van der Waals surface area contributed by atoms with Crippen molar-refractivity contribution in [2.75, 3.05) is 25.9 Å². The lowest BCUT2D eigenvalue weighted by molar-refractivity contribution is 0.259. The first-order chi connectivity index (χ1) is 7.18. The second-order valence-electron chi connectivity index (χ2n) is 5.90. The molecule has 0 radical (unpaired) electrons. The van der Waals surface area contributed by atoms with Gasteiger partial charge in [-0.05, 0) is 18.3 Å². The van der Waals surface area contributed by atoms with Gasteiger partial charge in [0.15, 0.2) is 0 Å². The monoisotopic (exact) mass is 248 g/mol. The molecule has 1 aliphatic rings. The fraction of sp³-hybridized carbons (Fsp3) is 1.00. The molecule has 0 aliphatic carbocycles. The molecule has 96 valence electrons. The van der Waals surface area contributed by atoms with Crippen molar-refractivity contribution < 1.29 is 8.42 Å². The van der Waals surface area contributed by atoms with Crippen LogP contribution in [0.1, 0.15) is 33.6 Å². The number of hydrogen-bond acceptors (Lipinski definition) is 3. The highest BCUT2D eigenvalue weighted by Crippen LogP contribution is 2.16. The zero-order valence-corrected chi connectivity index (χ0v) is 11.6. The van der Waals surface area contributed by atoms with Crippen LogP contribution in [0.25, 0.3) is 0 Å². The van der Waals surface area contributed by atoms with Gasteiger partial charge in [-0.15, -0.1) is 0 Å². The number of nitrogens with one attached hydrogen (secondary N) is 1. The Bertz CT molecular complexity index is 319. The average Bonchev–Trinajstić information content (AvgIpc) is 2.13. The molecule has 1 rings (SSSR count). The summed E-state index contributed by atoms with van der Waals surface area (Å²) in [4.78, 5) is 0. The molecular weight excluding hydrogens is 224 g/mol. The summed E-state index contributed by atoms with van der Waals surface area (Å²) in [5, 5.41) is 3.46. The number of nitrogens with zero attached hydrogens (tertiary/aromatic N) is 1. The van der Waals surface area contributed by atoms with Gasteiger partial charge in [-0.1, -0.05) is 20.8 Å². The molecule has 0 bridgehead atoms. The molecule has 0 saturated carbocycles. The lowest BCUT2D eigenvalue weighted by Gasteiger charge is -2.33. The van der Waals surface area contributed by atoms with E-state index in [9.17, 15) is 8.42 Å². The second kappa shape index (κ2) is 5.02. The van der Waals surface area contributed by atoms with Crippen LogP contribution in [0.2, 0.25) is 0 Å². The van der Waals surface area contributed by atoms with E-state index >= 15 is 0 Å². The minimum atomic E-state index is -3.02. The van der Waals surface area contributed by atoms with Crippen molar-refractivity contribution in [1.82, 2.24) is 9.62 Å². The second-order valence-corrected chi connectivity index (χ2v) is 7.88. The molecule has 4 nitrogen and oxygen atoms in total. The third kappa shape index (κ3) is 4.80. The molecule has 0 amide bonds. The first-order valence-corrected chi connectivity index (χ1v) is 7.72. The van der Waals surface area contributed by atoms with Crippen LogP contribution >= 0.6 is 0 Å². The Kier molecular flexibility index (Phi) is 4.37. The minimum absolute atomic E-state index is 0.243. The van der Waals surface area contributed by atoms with Gasteiger partial charge in [0.1, 0.15) is 0 Å². The van der Waals surface area contributed by atoms with E-state index in [1.807, 2.05) is 0 Å². The molecule has 1 atom stereocenters. The van der Waals surface area contributed by atoms with Crippen molar-refractivity contribution in [2.24, 2.45) is 5.41 Å². The van der Waals surface area contributed by atoms with E-state index in [0.717, 1.165) is 19.4 Å². The van der Waals surface area contributed by atoms with Crippen LogP contribution < -0.4 is 5.32 Å². The molecule has 0 aromatic heterocycles. The van der Waals surface area contributed by atoms with Crippen LogP contribution in [0.15, 0.2) is 0 Å². The third-order valence-corrected chi connectivity index (χ3v) is 4.04. The average molecular weight is 248 g/mol. The highest BCUT2D eigenvalue weighted by atomic mass is 32.2. The first kappa shape index (κ1) is 13.9. The van der Waals surface area contributed by atoms with E-state index in [2.05, 4.69) is 26.1 Å². The van der Waals surface area contributed by atoms with Gasteiger partial charge in [0.2, 0.25) is 10.0 Å². The van der Waals surface area contributed by atoms with E-state index in [4.69, 9.17) is 0 Å². The Hall–Kier alpha value is -0.130. The SMILES string of the molecule is CC(C)(C)CN[C@H]1CCCN(S(C)(=O)=O)C1. The molecule has 1 saturated heterocycles. The fourth-order valence-corrected chi connectivity index (χ4v) is 2.77. The van der Waals surface area contributed by atoms with Crippen LogP contribution in [0, 0.1) is 5.41 Å². The summed E-state index contributed by atoms with van der Waals surface area (Å²) in [5.74, 6) is 0. The van der Waals surface area contributed by atoms with Crippen LogP contribution in [0.5, 0.6) is 0 Å². The summed E-state index contributed by atoms with van der Waals surface area (Å²) in [6.45, 7) is 8.75. The zero-order valence-electron chi connectivity index (χ0n) is 10.8. The molecule has 16 heavy (non-hydrogen) atoms. The molecule has 0 aromatic carbocycles. The summed E-state index contributed by atoms with van der Waals surface area (Å²) in [7, 11) is -3.02. The topological polar surface area (TPSA) is 49.4 Å². The quantitative estimate of drug-likeness (QED) is 0.812. The maximum Gasteiger partial charge on any atom is 0.211 e. The van der Waals surface area contributed by atoms with Gasteiger partial charge in [0.25, 0.3) is 0 Å². The van der Waals surface area contributed by atoms with E-state index in [1.165, 1.54) is 6.26 Å². The Balaban J connectivity index is 2.46. The fourth-order valence-electron chi connectivity index (χ4n) is 1.86. The van der Waals surface area contributed by atoms with Gasteiger partial charge in [-0.2, -0.15) is 0 Å². The smallest absolute Gasteiger partial charge is 0.211 e. The molecule has 5 heteroatoms. The van der Waals surface area contributed by atoms with Crippen LogP contribution in [0.4, 0.5) is 0 Å². The predicted octanol–water partition coefficient (Wildman–Crippen LogP) is 1.05. The van der Waals surface area contributed by atoms with Crippen LogP contribution in [0.3, 0.4) is 0 Å². The normalized spacial score (nSPS) is 24.6. The Labute approximate surface area is 99.5 Å². The van der Waals surface area contributed by atoms with Gasteiger partial charge in [0.05, 0.1) is 6.26 Å². The first-order valence-electron chi connectivity index (χ1n) is 5.87. The van der Waals surface area contributed by atoms with Gasteiger partial charge in [-0.3, -0.25) is 0 Å². The van der Waals surface area contributed by atoms with Crippen molar-refractivity contribution >= 4 is 10.0 Å². The summed E-state index contributed by atoms with van der Waals surface area (Å²) in [6.07, 6.45) is 3.32. The van der Waals surface area contributed by atoms with E-state index in [1.54, 1.807) is 4.31 Å². The number of hydrogen-bond donors (Lipinski definition) is 1. The summed E-state index contributed by atoms with van der Waals surface area (Å²) in [5.41, 5.74) is 0.243. The molecule has 1 N–H and O–H groups in total. The largest absolute Gasteiger partial charge is 0.312 e. The molecular formula is C11H24N2O2S. The molecule has 0 spiro atoms. The maximum atomic E-state index is 11.4. The minimum Gasteiger partial charge on any atom is -0.312 e. The lowest BCUT2D eigenvalue weighted by Crippen LogP contribution is -2.49. The van der Waals surface area contributed by atoms with Crippen LogP contribution in [-0.2, 0) is 10.0 Å². The highest BCUT2D eigenvalue weighted by molar-refractivity contribution is 7.88. The van der Waals surface area contributed by atoms with Crippen molar-refractivity contribution in [2.45, 2.75) is 39.7 Å². The van der Waals surface area contributed by atoms with Gasteiger partial charge >= 0.3 is 0 Å². The number of piperidine rings is 1. The summed E-state index contributed by atoms with van der Waals surface area (Å²) < 4.78 is 24.4. The van der Waals surface area contributed by atoms with Gasteiger partial charge < -0.3 is 5.32 Å². The third-order valence-electron chi connectivity index (χ3n) is 2.77. The van der Waals surface area contributed by atoms with Crippen LogP contribution in [-0.4, -0.2) is 44.7 Å². The van der Waals surface area contributed by atoms with Crippen molar-refractivity contribution in [3.63, 3.8) is 0 Å². The van der Waals surface area contributed by atoms with Crippen molar-refractivity contribution in [3.05, 3.63) is 0 Å². The van der Waals surface area contributed by atoms with Crippen molar-refractivity contribution in [3.8, 4) is 0 Å². The molecule has 1 aliphatic heterocycles. The standard InChI is InChI=1S/C11H24N2O2S/c1-11(2,3)9-12-10-6-5-7-13(8-10)16(4,14)15/h10,12H,5-9H2,1-4H3/t10-/m0/s1.